The van der Waals surface area contributed by atoms with E-state index in [1.54, 1.807) is 6.92 Å². The molecule has 0 aliphatic carbocycles. The Morgan fingerprint density at radius 1 is 1.50 bits per heavy atom. The first-order valence-corrected chi connectivity index (χ1v) is 4.62. The highest BCUT2D eigenvalue weighted by Gasteiger charge is 2.24. The SMILES string of the molecule is C=CC(=O)N[C@H](C(=O)OCC)C(C)C. The molecule has 0 unspecified atom stereocenters. The lowest BCUT2D eigenvalue weighted by molar-refractivity contribution is -0.148. The molecule has 0 radical (unpaired) electrons. The summed E-state index contributed by atoms with van der Waals surface area (Å²) in [5.74, 6) is -0.771. The van der Waals surface area contributed by atoms with Crippen LogP contribution in [0.25, 0.3) is 0 Å². The maximum absolute atomic E-state index is 11.4. The van der Waals surface area contributed by atoms with Crippen LogP contribution in [0.2, 0.25) is 0 Å². The summed E-state index contributed by atoms with van der Waals surface area (Å²) in [6, 6.07) is -0.597. The molecule has 0 aromatic carbocycles. The van der Waals surface area contributed by atoms with E-state index in [1.807, 2.05) is 13.8 Å². The molecule has 0 saturated carbocycles. The zero-order chi connectivity index (χ0) is 11.1. The van der Waals surface area contributed by atoms with E-state index in [0.29, 0.717) is 6.61 Å². The van der Waals surface area contributed by atoms with Gasteiger partial charge < -0.3 is 10.1 Å². The van der Waals surface area contributed by atoms with E-state index in [2.05, 4.69) is 11.9 Å². The largest absolute Gasteiger partial charge is 0.464 e. The monoisotopic (exact) mass is 199 g/mol. The van der Waals surface area contributed by atoms with E-state index in [9.17, 15) is 9.59 Å². The van der Waals surface area contributed by atoms with E-state index < -0.39 is 12.0 Å². The molecule has 14 heavy (non-hydrogen) atoms. The lowest BCUT2D eigenvalue weighted by atomic mass is 10.0. The second-order valence-corrected chi connectivity index (χ2v) is 3.19. The normalized spacial score (nSPS) is 12.0. The molecule has 0 rings (SSSR count). The number of nitrogens with one attached hydrogen (secondary N) is 1. The fourth-order valence-corrected chi connectivity index (χ4v) is 0.942. The van der Waals surface area contributed by atoms with Gasteiger partial charge in [0.15, 0.2) is 0 Å². The Labute approximate surface area is 84.3 Å². The molecule has 0 aliphatic heterocycles. The minimum atomic E-state index is -0.597. The van der Waals surface area contributed by atoms with Gasteiger partial charge in [-0.15, -0.1) is 0 Å². The van der Waals surface area contributed by atoms with Gasteiger partial charge in [0.25, 0.3) is 0 Å². The fourth-order valence-electron chi connectivity index (χ4n) is 0.942. The number of esters is 1. The molecule has 0 bridgehead atoms. The average Bonchev–Trinajstić information content (AvgIpc) is 2.13. The molecule has 1 amide bonds. The molecule has 0 spiro atoms. The molecule has 0 aromatic heterocycles. The third-order valence-electron chi connectivity index (χ3n) is 1.69. The van der Waals surface area contributed by atoms with E-state index in [1.165, 1.54) is 0 Å². The van der Waals surface area contributed by atoms with Gasteiger partial charge in [0, 0.05) is 0 Å². The lowest BCUT2D eigenvalue weighted by Gasteiger charge is -2.19. The van der Waals surface area contributed by atoms with E-state index >= 15 is 0 Å². The molecule has 1 atom stereocenters. The van der Waals surface area contributed by atoms with Gasteiger partial charge in [-0.1, -0.05) is 20.4 Å². The third-order valence-corrected chi connectivity index (χ3v) is 1.69. The van der Waals surface area contributed by atoms with Crippen LogP contribution in [0.3, 0.4) is 0 Å². The van der Waals surface area contributed by atoms with Crippen LogP contribution < -0.4 is 5.32 Å². The van der Waals surface area contributed by atoms with Gasteiger partial charge in [0.05, 0.1) is 6.61 Å². The molecular formula is C10H17NO3. The predicted octanol–water partition coefficient (Wildman–Crippen LogP) is 0.876. The minimum absolute atomic E-state index is 0.00190. The maximum Gasteiger partial charge on any atom is 0.328 e. The van der Waals surface area contributed by atoms with Gasteiger partial charge in [-0.2, -0.15) is 0 Å². The number of ether oxygens (including phenoxy) is 1. The summed E-state index contributed by atoms with van der Waals surface area (Å²) in [5.41, 5.74) is 0. The number of hydrogen-bond donors (Lipinski definition) is 1. The van der Waals surface area contributed by atoms with Gasteiger partial charge in [-0.25, -0.2) is 4.79 Å². The van der Waals surface area contributed by atoms with Crippen LogP contribution in [-0.2, 0) is 14.3 Å². The van der Waals surface area contributed by atoms with E-state index in [4.69, 9.17) is 4.74 Å². The van der Waals surface area contributed by atoms with Crippen LogP contribution in [0.5, 0.6) is 0 Å². The Morgan fingerprint density at radius 3 is 2.43 bits per heavy atom. The second kappa shape index (κ2) is 6.18. The quantitative estimate of drug-likeness (QED) is 0.528. The summed E-state index contributed by atoms with van der Waals surface area (Å²) in [6.45, 7) is 9.03. The number of carbonyl (C=O) groups is 2. The highest BCUT2D eigenvalue weighted by atomic mass is 16.5. The fraction of sp³-hybridized carbons (Fsp3) is 0.600. The van der Waals surface area contributed by atoms with E-state index in [0.717, 1.165) is 6.08 Å². The first-order chi connectivity index (χ1) is 6.52. The lowest BCUT2D eigenvalue weighted by Crippen LogP contribution is -2.44. The predicted molar refractivity (Wildman–Crippen MR) is 53.6 cm³/mol. The molecular weight excluding hydrogens is 182 g/mol. The van der Waals surface area contributed by atoms with Gasteiger partial charge >= 0.3 is 5.97 Å². The number of hydrogen-bond acceptors (Lipinski definition) is 3. The van der Waals surface area contributed by atoms with Crippen molar-refractivity contribution in [2.75, 3.05) is 6.61 Å². The van der Waals surface area contributed by atoms with Crippen molar-refractivity contribution in [2.45, 2.75) is 26.8 Å². The Morgan fingerprint density at radius 2 is 2.07 bits per heavy atom. The average molecular weight is 199 g/mol. The van der Waals surface area contributed by atoms with Crippen molar-refractivity contribution in [1.29, 1.82) is 0 Å². The zero-order valence-corrected chi connectivity index (χ0v) is 8.87. The summed E-state index contributed by atoms with van der Waals surface area (Å²) in [4.78, 5) is 22.4. The first kappa shape index (κ1) is 12.7. The maximum atomic E-state index is 11.4. The second-order valence-electron chi connectivity index (χ2n) is 3.19. The molecule has 0 saturated heterocycles. The minimum Gasteiger partial charge on any atom is -0.464 e. The Hall–Kier alpha value is -1.32. The summed E-state index contributed by atoms with van der Waals surface area (Å²) in [5, 5.41) is 2.52. The van der Waals surface area contributed by atoms with Crippen molar-refractivity contribution < 1.29 is 14.3 Å². The first-order valence-electron chi connectivity index (χ1n) is 4.62. The van der Waals surface area contributed by atoms with Gasteiger partial charge in [-0.05, 0) is 18.9 Å². The summed E-state index contributed by atoms with van der Waals surface area (Å²) in [6.07, 6.45) is 1.13. The smallest absolute Gasteiger partial charge is 0.328 e. The number of rotatable bonds is 5. The van der Waals surface area contributed by atoms with E-state index in [-0.39, 0.29) is 11.8 Å². The zero-order valence-electron chi connectivity index (χ0n) is 8.87. The van der Waals surface area contributed by atoms with Crippen LogP contribution in [0.1, 0.15) is 20.8 Å². The van der Waals surface area contributed by atoms with Crippen molar-refractivity contribution in [1.82, 2.24) is 5.32 Å². The van der Waals surface area contributed by atoms with Gasteiger partial charge in [0.2, 0.25) is 5.91 Å². The molecule has 80 valence electrons. The van der Waals surface area contributed by atoms with Crippen molar-refractivity contribution in [3.63, 3.8) is 0 Å². The standard InChI is InChI=1S/C10H17NO3/c1-5-8(12)11-9(7(3)4)10(13)14-6-2/h5,7,9H,1,6H2,2-4H3,(H,11,12)/t9-/m0/s1. The summed E-state index contributed by atoms with van der Waals surface area (Å²) >= 11 is 0. The molecule has 0 fully saturated rings. The summed E-state index contributed by atoms with van der Waals surface area (Å²) < 4.78 is 4.82. The Kier molecular flexibility index (Phi) is 5.60. The van der Waals surface area contributed by atoms with Crippen LogP contribution >= 0.6 is 0 Å². The van der Waals surface area contributed by atoms with Crippen molar-refractivity contribution in [3.8, 4) is 0 Å². The van der Waals surface area contributed by atoms with Crippen molar-refractivity contribution >= 4 is 11.9 Å². The highest BCUT2D eigenvalue weighted by Crippen LogP contribution is 2.03. The van der Waals surface area contributed by atoms with Crippen LogP contribution in [-0.4, -0.2) is 24.5 Å². The van der Waals surface area contributed by atoms with Crippen molar-refractivity contribution in [3.05, 3.63) is 12.7 Å². The number of amides is 1. The van der Waals surface area contributed by atoms with Crippen LogP contribution in [0.15, 0.2) is 12.7 Å². The van der Waals surface area contributed by atoms with Gasteiger partial charge in [-0.3, -0.25) is 4.79 Å². The molecule has 1 N–H and O–H groups in total. The highest BCUT2D eigenvalue weighted by molar-refractivity contribution is 5.91. The molecule has 0 heterocycles. The van der Waals surface area contributed by atoms with Crippen molar-refractivity contribution in [2.24, 2.45) is 5.92 Å². The van der Waals surface area contributed by atoms with Crippen LogP contribution in [0.4, 0.5) is 0 Å². The molecule has 4 nitrogen and oxygen atoms in total. The van der Waals surface area contributed by atoms with Gasteiger partial charge in [0.1, 0.15) is 6.04 Å². The van der Waals surface area contributed by atoms with Crippen LogP contribution in [0, 0.1) is 5.92 Å². The Bertz CT molecular complexity index is 223. The topological polar surface area (TPSA) is 55.4 Å². The third kappa shape index (κ3) is 4.07. The number of carbonyl (C=O) groups excluding carboxylic acids is 2. The Balaban J connectivity index is 4.36. The summed E-state index contributed by atoms with van der Waals surface area (Å²) in [7, 11) is 0. The molecule has 0 aromatic rings. The molecule has 4 heteroatoms. The molecule has 0 aliphatic rings.